The normalized spacial score (nSPS) is 25.9. The Labute approximate surface area is 132 Å². The number of benzene rings is 1. The van der Waals surface area contributed by atoms with Gasteiger partial charge in [-0.15, -0.1) is 0 Å². The Morgan fingerprint density at radius 3 is 2.32 bits per heavy atom. The largest absolute Gasteiger partial charge is 0.481 e. The van der Waals surface area contributed by atoms with Crippen LogP contribution in [0.2, 0.25) is 0 Å². The summed E-state index contributed by atoms with van der Waals surface area (Å²) in [4.78, 5) is 13.2. The Morgan fingerprint density at radius 2 is 1.73 bits per heavy atom. The average Bonchev–Trinajstić information content (AvgIpc) is 2.56. The van der Waals surface area contributed by atoms with Crippen molar-refractivity contribution in [3.05, 3.63) is 29.8 Å². The smallest absolute Gasteiger partial charge is 0.303 e. The maximum absolute atomic E-state index is 10.8. The van der Waals surface area contributed by atoms with E-state index in [1.54, 1.807) is 0 Å². The molecule has 1 N–H and O–H groups in total. The molecular weight excluding hydrogens is 278 g/mol. The molecule has 4 heteroatoms. The molecule has 0 amide bonds. The van der Waals surface area contributed by atoms with Crippen LogP contribution in [0.1, 0.15) is 43.6 Å². The first-order chi connectivity index (χ1) is 10.7. The molecule has 0 bridgehead atoms. The number of carboxylic acid groups (broad SMARTS) is 1. The number of anilines is 1. The van der Waals surface area contributed by atoms with Crippen LogP contribution in [0, 0.1) is 5.92 Å². The summed E-state index contributed by atoms with van der Waals surface area (Å²) in [6.07, 6.45) is 4.66. The maximum Gasteiger partial charge on any atom is 0.303 e. The maximum atomic E-state index is 10.8. The third kappa shape index (κ3) is 3.80. The Morgan fingerprint density at radius 1 is 1.09 bits per heavy atom. The van der Waals surface area contributed by atoms with Crippen molar-refractivity contribution in [1.82, 2.24) is 0 Å². The lowest BCUT2D eigenvalue weighted by Gasteiger charge is -2.30. The van der Waals surface area contributed by atoms with E-state index < -0.39 is 5.97 Å². The van der Waals surface area contributed by atoms with Gasteiger partial charge in [-0.3, -0.25) is 4.79 Å². The number of rotatable bonds is 4. The van der Waals surface area contributed by atoms with Crippen LogP contribution in [-0.4, -0.2) is 37.4 Å². The fraction of sp³-hybridized carbons (Fsp3) is 0.611. The van der Waals surface area contributed by atoms with Gasteiger partial charge in [-0.25, -0.2) is 0 Å². The van der Waals surface area contributed by atoms with E-state index in [4.69, 9.17) is 9.84 Å². The van der Waals surface area contributed by atoms with Crippen LogP contribution in [0.15, 0.2) is 24.3 Å². The number of carbonyl (C=O) groups is 1. The zero-order valence-corrected chi connectivity index (χ0v) is 13.0. The summed E-state index contributed by atoms with van der Waals surface area (Å²) in [5.74, 6) is 0.323. The molecule has 0 unspecified atom stereocenters. The van der Waals surface area contributed by atoms with Gasteiger partial charge in [0, 0.05) is 25.2 Å². The highest BCUT2D eigenvalue weighted by molar-refractivity contribution is 5.67. The molecule has 1 heterocycles. The van der Waals surface area contributed by atoms with Gasteiger partial charge >= 0.3 is 5.97 Å². The molecule has 22 heavy (non-hydrogen) atoms. The number of nitrogens with zero attached hydrogens (tertiary/aromatic N) is 1. The van der Waals surface area contributed by atoms with Crippen molar-refractivity contribution < 1.29 is 14.6 Å². The molecule has 1 saturated carbocycles. The number of morpholine rings is 1. The molecule has 2 aliphatic rings. The summed E-state index contributed by atoms with van der Waals surface area (Å²) in [7, 11) is 0. The second-order valence-corrected chi connectivity index (χ2v) is 6.51. The summed E-state index contributed by atoms with van der Waals surface area (Å²) in [5.41, 5.74) is 2.69. The van der Waals surface area contributed by atoms with Crippen molar-refractivity contribution in [3.8, 4) is 0 Å². The van der Waals surface area contributed by atoms with Crippen LogP contribution in [-0.2, 0) is 9.53 Å². The molecule has 0 aromatic heterocycles. The fourth-order valence-electron chi connectivity index (χ4n) is 3.73. The highest BCUT2D eigenvalue weighted by atomic mass is 16.5. The molecule has 120 valence electrons. The second-order valence-electron chi connectivity index (χ2n) is 6.51. The molecule has 1 aliphatic heterocycles. The molecule has 1 aromatic carbocycles. The van der Waals surface area contributed by atoms with Crippen molar-refractivity contribution in [2.45, 2.75) is 38.0 Å². The third-order valence-corrected chi connectivity index (χ3v) is 5.05. The van der Waals surface area contributed by atoms with Crippen LogP contribution in [0.4, 0.5) is 5.69 Å². The van der Waals surface area contributed by atoms with Crippen molar-refractivity contribution in [1.29, 1.82) is 0 Å². The molecule has 3 rings (SSSR count). The molecule has 2 fully saturated rings. The molecule has 0 radical (unpaired) electrons. The van der Waals surface area contributed by atoms with Gasteiger partial charge in [-0.2, -0.15) is 0 Å². The van der Waals surface area contributed by atoms with Gasteiger partial charge in [-0.1, -0.05) is 12.1 Å². The van der Waals surface area contributed by atoms with Gasteiger partial charge in [0.15, 0.2) is 0 Å². The van der Waals surface area contributed by atoms with Crippen molar-refractivity contribution in [2.75, 3.05) is 31.2 Å². The highest BCUT2D eigenvalue weighted by Gasteiger charge is 2.24. The van der Waals surface area contributed by atoms with E-state index in [1.165, 1.54) is 11.3 Å². The zero-order valence-electron chi connectivity index (χ0n) is 13.0. The third-order valence-electron chi connectivity index (χ3n) is 5.05. The van der Waals surface area contributed by atoms with Gasteiger partial charge in [0.1, 0.15) is 0 Å². The Hall–Kier alpha value is -1.55. The fourth-order valence-corrected chi connectivity index (χ4v) is 3.73. The lowest BCUT2D eigenvalue weighted by Crippen LogP contribution is -2.36. The minimum absolute atomic E-state index is 0.336. The monoisotopic (exact) mass is 303 g/mol. The summed E-state index contributed by atoms with van der Waals surface area (Å²) in [6, 6.07) is 8.97. The van der Waals surface area contributed by atoms with E-state index in [1.807, 2.05) is 0 Å². The lowest BCUT2D eigenvalue weighted by atomic mass is 9.77. The summed E-state index contributed by atoms with van der Waals surface area (Å²) in [6.45, 7) is 3.57. The quantitative estimate of drug-likeness (QED) is 0.927. The molecule has 1 aliphatic carbocycles. The van der Waals surface area contributed by atoms with Crippen LogP contribution >= 0.6 is 0 Å². The van der Waals surface area contributed by atoms with Crippen LogP contribution in [0.3, 0.4) is 0 Å². The van der Waals surface area contributed by atoms with Gasteiger partial charge < -0.3 is 14.7 Å². The number of hydrogen-bond acceptors (Lipinski definition) is 3. The van der Waals surface area contributed by atoms with Gasteiger partial charge in [0.2, 0.25) is 0 Å². The number of aliphatic carboxylic acids is 1. The lowest BCUT2D eigenvalue weighted by molar-refractivity contribution is -0.138. The van der Waals surface area contributed by atoms with Crippen LogP contribution in [0.25, 0.3) is 0 Å². The molecular formula is C18H25NO3. The van der Waals surface area contributed by atoms with E-state index in [0.29, 0.717) is 18.3 Å². The Balaban J connectivity index is 1.56. The SMILES string of the molecule is O=C(O)C[C@H]1CC[C@@H](c2ccc(N3CCOCC3)cc2)CC1. The molecule has 1 aromatic rings. The molecule has 1 saturated heterocycles. The van der Waals surface area contributed by atoms with E-state index >= 15 is 0 Å². The Kier molecular flexibility index (Phi) is 4.98. The molecule has 4 nitrogen and oxygen atoms in total. The number of hydrogen-bond donors (Lipinski definition) is 1. The van der Waals surface area contributed by atoms with Crippen molar-refractivity contribution in [3.63, 3.8) is 0 Å². The standard InChI is InChI=1S/C18H25NO3/c20-18(21)13-14-1-3-15(4-2-14)16-5-7-17(8-6-16)19-9-11-22-12-10-19/h5-8,14-15H,1-4,9-13H2,(H,20,21)/t14-,15+. The minimum atomic E-state index is -0.654. The molecule has 0 spiro atoms. The van der Waals surface area contributed by atoms with Crippen LogP contribution < -0.4 is 4.90 Å². The first kappa shape index (κ1) is 15.3. The van der Waals surface area contributed by atoms with Crippen LogP contribution in [0.5, 0.6) is 0 Å². The predicted octanol–water partition coefficient (Wildman–Crippen LogP) is 3.27. The summed E-state index contributed by atoms with van der Waals surface area (Å²) >= 11 is 0. The second kappa shape index (κ2) is 7.14. The minimum Gasteiger partial charge on any atom is -0.481 e. The van der Waals surface area contributed by atoms with Gasteiger partial charge in [0.05, 0.1) is 13.2 Å². The van der Waals surface area contributed by atoms with Gasteiger partial charge in [0.25, 0.3) is 0 Å². The van der Waals surface area contributed by atoms with Crippen molar-refractivity contribution in [2.24, 2.45) is 5.92 Å². The van der Waals surface area contributed by atoms with Gasteiger partial charge in [-0.05, 0) is 55.2 Å². The Bertz CT molecular complexity index is 486. The zero-order chi connectivity index (χ0) is 15.4. The van der Waals surface area contributed by atoms with E-state index in [0.717, 1.165) is 52.0 Å². The van der Waals surface area contributed by atoms with E-state index in [-0.39, 0.29) is 0 Å². The summed E-state index contributed by atoms with van der Waals surface area (Å²) in [5, 5.41) is 8.89. The topological polar surface area (TPSA) is 49.8 Å². The van der Waals surface area contributed by atoms with E-state index in [9.17, 15) is 4.79 Å². The first-order valence-electron chi connectivity index (χ1n) is 8.37. The average molecular weight is 303 g/mol. The first-order valence-corrected chi connectivity index (χ1v) is 8.37. The van der Waals surface area contributed by atoms with E-state index in [2.05, 4.69) is 29.2 Å². The number of ether oxygens (including phenoxy) is 1. The molecule has 0 atom stereocenters. The highest BCUT2D eigenvalue weighted by Crippen LogP contribution is 2.37. The predicted molar refractivity (Wildman–Crippen MR) is 86.4 cm³/mol. The summed E-state index contributed by atoms with van der Waals surface area (Å²) < 4.78 is 5.39. The number of carboxylic acids is 1. The van der Waals surface area contributed by atoms with Crippen molar-refractivity contribution >= 4 is 11.7 Å².